The van der Waals surface area contributed by atoms with E-state index in [1.54, 1.807) is 0 Å². The van der Waals surface area contributed by atoms with Gasteiger partial charge in [-0.15, -0.1) is 0 Å². The Labute approximate surface area is 183 Å². The number of benzene rings is 2. The minimum Gasteiger partial charge on any atom is -0.394 e. The lowest BCUT2D eigenvalue weighted by atomic mass is 10.0. The van der Waals surface area contributed by atoms with E-state index < -0.39 is 0 Å². The standard InChI is InChI=1S/C25H30N4O2/c30-17-16-29-23-13-15-28(14-7-12-20-8-3-1-4-9-20)19-22(23)24(27-29)25(31)26-18-21-10-5-2-6-11-21/h1-6,8-11,30H,7,12-19H2,(H,26,31). The Morgan fingerprint density at radius 3 is 2.42 bits per heavy atom. The largest absolute Gasteiger partial charge is 0.394 e. The SMILES string of the molecule is O=C(NCc1ccccc1)c1nn(CCO)c2c1CN(CCCc1ccccc1)CC2. The van der Waals surface area contributed by atoms with E-state index in [9.17, 15) is 9.90 Å². The number of aliphatic hydroxyl groups excluding tert-OH is 1. The van der Waals surface area contributed by atoms with E-state index in [0.717, 1.165) is 55.7 Å². The van der Waals surface area contributed by atoms with Crippen LogP contribution >= 0.6 is 0 Å². The number of hydrogen-bond acceptors (Lipinski definition) is 4. The van der Waals surface area contributed by atoms with E-state index in [0.29, 0.717) is 18.8 Å². The van der Waals surface area contributed by atoms with Gasteiger partial charge in [-0.25, -0.2) is 0 Å². The van der Waals surface area contributed by atoms with Gasteiger partial charge in [0.2, 0.25) is 0 Å². The zero-order valence-electron chi connectivity index (χ0n) is 17.8. The number of fused-ring (bicyclic) bond motifs is 1. The molecule has 1 amide bonds. The second-order valence-corrected chi connectivity index (χ2v) is 8.00. The molecule has 0 atom stereocenters. The molecule has 1 aliphatic heterocycles. The molecule has 0 spiro atoms. The molecule has 1 aliphatic rings. The first kappa shape index (κ1) is 21.3. The zero-order valence-corrected chi connectivity index (χ0v) is 17.8. The third-order valence-electron chi connectivity index (χ3n) is 5.82. The van der Waals surface area contributed by atoms with Crippen LogP contribution in [0.2, 0.25) is 0 Å². The molecule has 0 fully saturated rings. The summed E-state index contributed by atoms with van der Waals surface area (Å²) in [6.07, 6.45) is 2.98. The van der Waals surface area contributed by atoms with Crippen molar-refractivity contribution in [3.8, 4) is 0 Å². The van der Waals surface area contributed by atoms with Crippen molar-refractivity contribution >= 4 is 5.91 Å². The van der Waals surface area contributed by atoms with Gasteiger partial charge in [-0.2, -0.15) is 5.10 Å². The highest BCUT2D eigenvalue weighted by Gasteiger charge is 2.27. The highest BCUT2D eigenvalue weighted by atomic mass is 16.3. The Morgan fingerprint density at radius 2 is 1.71 bits per heavy atom. The van der Waals surface area contributed by atoms with Crippen LogP contribution in [0.25, 0.3) is 0 Å². The molecule has 6 heteroatoms. The average Bonchev–Trinajstić information content (AvgIpc) is 3.17. The first-order valence-corrected chi connectivity index (χ1v) is 11.0. The molecule has 4 rings (SSSR count). The lowest BCUT2D eigenvalue weighted by molar-refractivity contribution is 0.0942. The van der Waals surface area contributed by atoms with Crippen LogP contribution in [-0.2, 0) is 32.5 Å². The summed E-state index contributed by atoms with van der Waals surface area (Å²) >= 11 is 0. The predicted molar refractivity (Wildman–Crippen MR) is 121 cm³/mol. The summed E-state index contributed by atoms with van der Waals surface area (Å²) in [4.78, 5) is 15.4. The Kier molecular flexibility index (Phi) is 7.12. The van der Waals surface area contributed by atoms with Crippen molar-refractivity contribution in [2.24, 2.45) is 0 Å². The Morgan fingerprint density at radius 1 is 1.00 bits per heavy atom. The molecule has 6 nitrogen and oxygen atoms in total. The summed E-state index contributed by atoms with van der Waals surface area (Å²) in [6, 6.07) is 20.4. The highest BCUT2D eigenvalue weighted by Crippen LogP contribution is 2.23. The molecule has 0 aliphatic carbocycles. The van der Waals surface area contributed by atoms with Crippen LogP contribution in [0.3, 0.4) is 0 Å². The monoisotopic (exact) mass is 418 g/mol. The summed E-state index contributed by atoms with van der Waals surface area (Å²) in [7, 11) is 0. The fourth-order valence-electron chi connectivity index (χ4n) is 4.21. The molecular weight excluding hydrogens is 388 g/mol. The van der Waals surface area contributed by atoms with E-state index in [1.807, 2.05) is 41.1 Å². The molecule has 2 aromatic carbocycles. The number of amides is 1. The molecular formula is C25H30N4O2. The van der Waals surface area contributed by atoms with Crippen LogP contribution in [0, 0.1) is 0 Å². The maximum absolute atomic E-state index is 12.9. The lowest BCUT2D eigenvalue weighted by Gasteiger charge is -2.27. The number of carbonyl (C=O) groups is 1. The topological polar surface area (TPSA) is 70.4 Å². The highest BCUT2D eigenvalue weighted by molar-refractivity contribution is 5.94. The molecule has 0 saturated heterocycles. The van der Waals surface area contributed by atoms with E-state index in [1.165, 1.54) is 5.56 Å². The first-order chi connectivity index (χ1) is 15.2. The molecule has 2 heterocycles. The maximum atomic E-state index is 12.9. The summed E-state index contributed by atoms with van der Waals surface area (Å²) in [5.74, 6) is -0.150. The fraction of sp³-hybridized carbons (Fsp3) is 0.360. The van der Waals surface area contributed by atoms with Gasteiger partial charge in [0.05, 0.1) is 13.2 Å². The van der Waals surface area contributed by atoms with Gasteiger partial charge < -0.3 is 10.4 Å². The molecule has 3 aromatic rings. The number of aliphatic hydroxyl groups is 1. The van der Waals surface area contributed by atoms with Crippen LogP contribution < -0.4 is 5.32 Å². The molecule has 2 N–H and O–H groups in total. The molecule has 0 radical (unpaired) electrons. The third kappa shape index (κ3) is 5.40. The van der Waals surface area contributed by atoms with E-state index >= 15 is 0 Å². The number of aromatic nitrogens is 2. The third-order valence-corrected chi connectivity index (χ3v) is 5.82. The average molecular weight is 419 g/mol. The number of aryl methyl sites for hydroxylation is 1. The van der Waals surface area contributed by atoms with Crippen LogP contribution in [0.15, 0.2) is 60.7 Å². The Hall–Kier alpha value is -2.96. The molecule has 0 bridgehead atoms. The maximum Gasteiger partial charge on any atom is 0.272 e. The molecule has 1 aromatic heterocycles. The number of hydrogen-bond donors (Lipinski definition) is 2. The number of nitrogens with one attached hydrogen (secondary N) is 1. The van der Waals surface area contributed by atoms with Crippen LogP contribution in [-0.4, -0.2) is 45.4 Å². The van der Waals surface area contributed by atoms with Gasteiger partial charge in [-0.1, -0.05) is 60.7 Å². The minimum atomic E-state index is -0.150. The molecule has 0 saturated carbocycles. The van der Waals surface area contributed by atoms with E-state index in [2.05, 4.69) is 39.6 Å². The normalized spacial score (nSPS) is 13.7. The summed E-state index contributed by atoms with van der Waals surface area (Å²) in [5.41, 5.74) is 4.99. The smallest absolute Gasteiger partial charge is 0.272 e. The zero-order chi connectivity index (χ0) is 21.5. The van der Waals surface area contributed by atoms with Crippen molar-refractivity contribution in [1.82, 2.24) is 20.0 Å². The first-order valence-electron chi connectivity index (χ1n) is 11.0. The second kappa shape index (κ2) is 10.4. The predicted octanol–water partition coefficient (Wildman–Crippen LogP) is 2.80. The summed E-state index contributed by atoms with van der Waals surface area (Å²) in [6.45, 7) is 3.57. The second-order valence-electron chi connectivity index (χ2n) is 8.00. The quantitative estimate of drug-likeness (QED) is 0.561. The minimum absolute atomic E-state index is 0.0139. The van der Waals surface area contributed by atoms with Gasteiger partial charge in [0.25, 0.3) is 5.91 Å². The van der Waals surface area contributed by atoms with E-state index in [4.69, 9.17) is 0 Å². The van der Waals surface area contributed by atoms with Crippen molar-refractivity contribution in [3.05, 3.63) is 88.7 Å². The van der Waals surface area contributed by atoms with Gasteiger partial charge in [-0.3, -0.25) is 14.4 Å². The van der Waals surface area contributed by atoms with Crippen LogP contribution in [0.4, 0.5) is 0 Å². The van der Waals surface area contributed by atoms with Crippen molar-refractivity contribution < 1.29 is 9.90 Å². The Balaban J connectivity index is 1.42. The molecule has 162 valence electrons. The lowest BCUT2D eigenvalue weighted by Crippen LogP contribution is -2.33. The summed E-state index contributed by atoms with van der Waals surface area (Å²) in [5, 5.41) is 17.0. The number of nitrogens with zero attached hydrogens (tertiary/aromatic N) is 3. The fourth-order valence-corrected chi connectivity index (χ4v) is 4.21. The Bertz CT molecular complexity index is 986. The number of rotatable bonds is 9. The van der Waals surface area contributed by atoms with Crippen molar-refractivity contribution in [2.45, 2.75) is 38.9 Å². The molecule has 31 heavy (non-hydrogen) atoms. The summed E-state index contributed by atoms with van der Waals surface area (Å²) < 4.78 is 1.81. The van der Waals surface area contributed by atoms with Gasteiger partial charge >= 0.3 is 0 Å². The van der Waals surface area contributed by atoms with Gasteiger partial charge in [0.1, 0.15) is 0 Å². The van der Waals surface area contributed by atoms with E-state index in [-0.39, 0.29) is 12.5 Å². The van der Waals surface area contributed by atoms with Crippen molar-refractivity contribution in [3.63, 3.8) is 0 Å². The van der Waals surface area contributed by atoms with Gasteiger partial charge in [0, 0.05) is 37.3 Å². The number of carbonyl (C=O) groups excluding carboxylic acids is 1. The van der Waals surface area contributed by atoms with Crippen molar-refractivity contribution in [2.75, 3.05) is 19.7 Å². The van der Waals surface area contributed by atoms with Gasteiger partial charge in [-0.05, 0) is 30.5 Å². The molecule has 0 unspecified atom stereocenters. The van der Waals surface area contributed by atoms with Gasteiger partial charge in [0.15, 0.2) is 5.69 Å². The van der Waals surface area contributed by atoms with Crippen molar-refractivity contribution in [1.29, 1.82) is 0 Å². The van der Waals surface area contributed by atoms with Crippen LogP contribution in [0.5, 0.6) is 0 Å². The van der Waals surface area contributed by atoms with Crippen LogP contribution in [0.1, 0.15) is 39.3 Å².